The monoisotopic (exact) mass is 290 g/mol. The van der Waals surface area contributed by atoms with Crippen LogP contribution in [-0.4, -0.2) is 59.7 Å². The zero-order chi connectivity index (χ0) is 14.8. The molecule has 2 aliphatic heterocycles. The first-order chi connectivity index (χ1) is 10.2. The zero-order valence-corrected chi connectivity index (χ0v) is 12.4. The Morgan fingerprint density at radius 2 is 2.24 bits per heavy atom. The van der Waals surface area contributed by atoms with Gasteiger partial charge in [0.25, 0.3) is 5.91 Å². The molecule has 1 saturated heterocycles. The summed E-state index contributed by atoms with van der Waals surface area (Å²) in [4.78, 5) is 16.7. The molecule has 21 heavy (non-hydrogen) atoms. The molecule has 0 aliphatic carbocycles. The molecule has 1 amide bonds. The normalized spacial score (nSPS) is 22.9. The van der Waals surface area contributed by atoms with Crippen molar-refractivity contribution in [2.24, 2.45) is 0 Å². The fraction of sp³-hybridized carbons (Fsp3) is 0.562. The van der Waals surface area contributed by atoms with E-state index in [0.717, 1.165) is 31.6 Å². The lowest BCUT2D eigenvalue weighted by atomic mass is 9.99. The summed E-state index contributed by atoms with van der Waals surface area (Å²) in [7, 11) is 0. The van der Waals surface area contributed by atoms with E-state index in [-0.39, 0.29) is 17.8 Å². The zero-order valence-electron chi connectivity index (χ0n) is 12.4. The molecule has 1 aromatic carbocycles. The molecule has 1 N–H and O–H groups in total. The van der Waals surface area contributed by atoms with Gasteiger partial charge in [0.2, 0.25) is 0 Å². The van der Waals surface area contributed by atoms with Gasteiger partial charge in [-0.3, -0.25) is 9.69 Å². The Hall–Kier alpha value is -1.59. The molecule has 1 atom stereocenters. The molecule has 1 fully saturated rings. The van der Waals surface area contributed by atoms with E-state index in [2.05, 4.69) is 11.8 Å². The summed E-state index contributed by atoms with van der Waals surface area (Å²) < 4.78 is 5.65. The van der Waals surface area contributed by atoms with Crippen molar-refractivity contribution in [3.8, 4) is 5.75 Å². The number of hydrogen-bond acceptors (Lipinski definition) is 4. The van der Waals surface area contributed by atoms with Crippen LogP contribution >= 0.6 is 0 Å². The second-order valence-corrected chi connectivity index (χ2v) is 5.72. The Kier molecular flexibility index (Phi) is 4.12. The number of carbonyl (C=O) groups excluding carboxylic acids is 1. The number of amides is 1. The van der Waals surface area contributed by atoms with Gasteiger partial charge in [-0.2, -0.15) is 0 Å². The Morgan fingerprint density at radius 3 is 3.05 bits per heavy atom. The largest absolute Gasteiger partial charge is 0.508 e. The quantitative estimate of drug-likeness (QED) is 0.883. The number of benzene rings is 1. The van der Waals surface area contributed by atoms with Crippen LogP contribution in [0.5, 0.6) is 5.75 Å². The molecule has 1 unspecified atom stereocenters. The summed E-state index contributed by atoms with van der Waals surface area (Å²) in [5.74, 6) is 0.330. The lowest BCUT2D eigenvalue weighted by molar-refractivity contribution is -0.150. The van der Waals surface area contributed by atoms with Crippen LogP contribution in [0.25, 0.3) is 0 Å². The van der Waals surface area contributed by atoms with E-state index in [0.29, 0.717) is 19.7 Å². The highest BCUT2D eigenvalue weighted by molar-refractivity contribution is 5.81. The third-order valence-corrected chi connectivity index (χ3v) is 4.39. The maximum atomic E-state index is 12.6. The molecule has 0 saturated carbocycles. The number of phenols is 1. The summed E-state index contributed by atoms with van der Waals surface area (Å²) in [5.41, 5.74) is 2.26. The molecular weight excluding hydrogens is 268 g/mol. The molecule has 2 aliphatic rings. The Morgan fingerprint density at radius 1 is 1.38 bits per heavy atom. The van der Waals surface area contributed by atoms with Gasteiger partial charge in [-0.05, 0) is 36.2 Å². The molecule has 5 nitrogen and oxygen atoms in total. The minimum Gasteiger partial charge on any atom is -0.508 e. The van der Waals surface area contributed by atoms with Crippen molar-refractivity contribution in [2.45, 2.75) is 26.0 Å². The number of hydrogen-bond donors (Lipinski definition) is 1. The van der Waals surface area contributed by atoms with Crippen LogP contribution in [0.4, 0.5) is 0 Å². The minimum absolute atomic E-state index is 0.0714. The van der Waals surface area contributed by atoms with Crippen molar-refractivity contribution in [1.82, 2.24) is 9.80 Å². The first kappa shape index (κ1) is 14.4. The van der Waals surface area contributed by atoms with E-state index in [4.69, 9.17) is 4.74 Å². The van der Waals surface area contributed by atoms with Gasteiger partial charge in [0, 0.05) is 26.2 Å². The van der Waals surface area contributed by atoms with Crippen LogP contribution in [0, 0.1) is 0 Å². The predicted molar refractivity (Wildman–Crippen MR) is 79.1 cm³/mol. The second kappa shape index (κ2) is 6.03. The van der Waals surface area contributed by atoms with E-state index >= 15 is 0 Å². The number of phenolic OH excluding ortho intramolecular Hbond substituents is 1. The van der Waals surface area contributed by atoms with Gasteiger partial charge in [-0.1, -0.05) is 13.0 Å². The number of ether oxygens (including phenoxy) is 1. The van der Waals surface area contributed by atoms with E-state index in [1.54, 1.807) is 12.1 Å². The lowest BCUT2D eigenvalue weighted by Crippen LogP contribution is -2.51. The van der Waals surface area contributed by atoms with Gasteiger partial charge in [0.1, 0.15) is 11.9 Å². The fourth-order valence-corrected chi connectivity index (χ4v) is 3.07. The number of fused-ring (bicyclic) bond motifs is 1. The molecule has 0 bridgehead atoms. The number of nitrogens with zero attached hydrogens (tertiary/aromatic N) is 2. The first-order valence-corrected chi connectivity index (χ1v) is 7.61. The first-order valence-electron chi connectivity index (χ1n) is 7.61. The summed E-state index contributed by atoms with van der Waals surface area (Å²) in [6.07, 6.45) is 0.489. The van der Waals surface area contributed by atoms with Crippen LogP contribution in [0.3, 0.4) is 0 Å². The van der Waals surface area contributed by atoms with Crippen LogP contribution in [-0.2, 0) is 22.5 Å². The van der Waals surface area contributed by atoms with Gasteiger partial charge in [-0.15, -0.1) is 0 Å². The number of carbonyl (C=O) groups is 1. The predicted octanol–water partition coefficient (Wildman–Crippen LogP) is 0.998. The average Bonchev–Trinajstić information content (AvgIpc) is 2.53. The highest BCUT2D eigenvalue weighted by Gasteiger charge is 2.31. The van der Waals surface area contributed by atoms with Gasteiger partial charge in [-0.25, -0.2) is 0 Å². The summed E-state index contributed by atoms with van der Waals surface area (Å²) >= 11 is 0. The van der Waals surface area contributed by atoms with Gasteiger partial charge in [0.05, 0.1) is 6.61 Å². The van der Waals surface area contributed by atoms with Crippen molar-refractivity contribution in [2.75, 3.05) is 32.8 Å². The third-order valence-electron chi connectivity index (χ3n) is 4.39. The van der Waals surface area contributed by atoms with E-state index in [1.807, 2.05) is 11.0 Å². The lowest BCUT2D eigenvalue weighted by Gasteiger charge is -2.36. The summed E-state index contributed by atoms with van der Waals surface area (Å²) in [6.45, 7) is 6.54. The molecule has 3 rings (SSSR count). The summed E-state index contributed by atoms with van der Waals surface area (Å²) in [5, 5.41) is 9.59. The SMILES string of the molecule is CCN1CCOC(C(=O)N2CCc3ccc(O)cc3C2)C1. The smallest absolute Gasteiger partial charge is 0.253 e. The Balaban J connectivity index is 1.69. The molecule has 1 aromatic rings. The van der Waals surface area contributed by atoms with Crippen molar-refractivity contribution in [1.29, 1.82) is 0 Å². The van der Waals surface area contributed by atoms with Crippen LogP contribution in [0.1, 0.15) is 18.1 Å². The maximum Gasteiger partial charge on any atom is 0.253 e. The average molecular weight is 290 g/mol. The fourth-order valence-electron chi connectivity index (χ4n) is 3.07. The van der Waals surface area contributed by atoms with E-state index in [9.17, 15) is 9.90 Å². The van der Waals surface area contributed by atoms with Gasteiger partial charge in [0.15, 0.2) is 0 Å². The molecular formula is C16H22N2O3. The molecule has 0 spiro atoms. The number of morpholine rings is 1. The van der Waals surface area contributed by atoms with Crippen LogP contribution < -0.4 is 0 Å². The molecule has 0 radical (unpaired) electrons. The van der Waals surface area contributed by atoms with Gasteiger partial charge >= 0.3 is 0 Å². The van der Waals surface area contributed by atoms with E-state index < -0.39 is 0 Å². The van der Waals surface area contributed by atoms with Gasteiger partial charge < -0.3 is 14.7 Å². The highest BCUT2D eigenvalue weighted by atomic mass is 16.5. The minimum atomic E-state index is -0.349. The molecule has 2 heterocycles. The van der Waals surface area contributed by atoms with Crippen LogP contribution in [0.15, 0.2) is 18.2 Å². The van der Waals surface area contributed by atoms with Crippen molar-refractivity contribution >= 4 is 5.91 Å². The number of likely N-dealkylation sites (N-methyl/N-ethyl adjacent to an activating group) is 1. The number of aromatic hydroxyl groups is 1. The Bertz CT molecular complexity index is 532. The Labute approximate surface area is 125 Å². The van der Waals surface area contributed by atoms with Crippen LogP contribution in [0.2, 0.25) is 0 Å². The maximum absolute atomic E-state index is 12.6. The van der Waals surface area contributed by atoms with Crippen molar-refractivity contribution in [3.63, 3.8) is 0 Å². The second-order valence-electron chi connectivity index (χ2n) is 5.72. The molecule has 5 heteroatoms. The van der Waals surface area contributed by atoms with E-state index in [1.165, 1.54) is 5.56 Å². The molecule has 114 valence electrons. The summed E-state index contributed by atoms with van der Waals surface area (Å²) in [6, 6.07) is 5.41. The third kappa shape index (κ3) is 3.04. The number of rotatable bonds is 2. The van der Waals surface area contributed by atoms with Crippen molar-refractivity contribution < 1.29 is 14.6 Å². The topological polar surface area (TPSA) is 53.0 Å². The molecule has 0 aromatic heterocycles. The standard InChI is InChI=1S/C16H22N2O3/c1-2-17-7-8-21-15(11-17)16(20)18-6-5-12-3-4-14(19)9-13(12)10-18/h3-4,9,15,19H,2,5-8,10-11H2,1H3. The van der Waals surface area contributed by atoms with Crippen molar-refractivity contribution in [3.05, 3.63) is 29.3 Å². The highest BCUT2D eigenvalue weighted by Crippen LogP contribution is 2.24.